The van der Waals surface area contributed by atoms with Crippen molar-refractivity contribution in [1.29, 1.82) is 0 Å². The molecule has 0 spiro atoms. The number of benzene rings is 9. The second-order valence-electron chi connectivity index (χ2n) is 25.6. The number of rotatable bonds is 10. The minimum absolute atomic E-state index is 0. The number of aromatic nitrogens is 6. The molecule has 0 N–H and O–H groups in total. The Morgan fingerprint density at radius 2 is 0.509 bits per heavy atom. The summed E-state index contributed by atoms with van der Waals surface area (Å²) < 4.78 is 0. The molecule has 0 amide bonds. The predicted octanol–water partition coefficient (Wildman–Crippen LogP) is 23.7. The zero-order valence-corrected chi connectivity index (χ0v) is 66.2. The van der Waals surface area contributed by atoms with Gasteiger partial charge < -0.3 is 29.9 Å². The minimum atomic E-state index is 0. The van der Waals surface area contributed by atoms with E-state index in [0.29, 0.717) is 0 Å². The van der Waals surface area contributed by atoms with Gasteiger partial charge in [-0.15, -0.1) is 215 Å². The summed E-state index contributed by atoms with van der Waals surface area (Å²) in [6.07, 6.45) is 26.7. The number of hydrogen-bond acceptors (Lipinski definition) is 6. The van der Waals surface area contributed by atoms with Gasteiger partial charge in [-0.25, -0.2) is 0 Å². The molecule has 1 fully saturated rings. The Morgan fingerprint density at radius 1 is 0.217 bits per heavy atom. The van der Waals surface area contributed by atoms with Crippen LogP contribution < -0.4 is 0 Å². The molecule has 9 heteroatoms. The molecular formula is C97H80Ir3N6-6. The van der Waals surface area contributed by atoms with Crippen molar-refractivity contribution >= 4 is 0 Å². The van der Waals surface area contributed by atoms with Crippen LogP contribution in [0.3, 0.4) is 0 Å². The Bertz CT molecular complexity index is 4710. The fraction of sp³-hybridized carbons (Fsp3) is 0.134. The molecule has 6 aromatic heterocycles. The van der Waals surface area contributed by atoms with E-state index in [-0.39, 0.29) is 60.3 Å². The molecule has 0 unspecified atom stereocenters. The van der Waals surface area contributed by atoms with Gasteiger partial charge in [0.2, 0.25) is 0 Å². The van der Waals surface area contributed by atoms with Gasteiger partial charge in [-0.05, 0) is 195 Å². The molecular weight excluding hydrogens is 1830 g/mol. The van der Waals surface area contributed by atoms with Crippen molar-refractivity contribution in [3.8, 4) is 101 Å². The summed E-state index contributed by atoms with van der Waals surface area (Å²) in [5, 5.41) is 0. The summed E-state index contributed by atoms with van der Waals surface area (Å²) in [5.41, 5.74) is 27.2. The van der Waals surface area contributed by atoms with Crippen LogP contribution in [0.5, 0.6) is 0 Å². The first kappa shape index (κ1) is 78.4. The van der Waals surface area contributed by atoms with Gasteiger partial charge in [0.1, 0.15) is 0 Å². The van der Waals surface area contributed by atoms with Crippen LogP contribution in [0.4, 0.5) is 0 Å². The number of fused-ring (bicyclic) bond motifs is 2. The predicted molar refractivity (Wildman–Crippen MR) is 422 cm³/mol. The first-order valence-corrected chi connectivity index (χ1v) is 35.9. The zero-order valence-electron chi connectivity index (χ0n) is 59.0. The van der Waals surface area contributed by atoms with Gasteiger partial charge in [-0.2, -0.15) is 0 Å². The Morgan fingerprint density at radius 3 is 0.849 bits per heavy atom. The maximum atomic E-state index is 4.49. The van der Waals surface area contributed by atoms with Crippen molar-refractivity contribution in [1.82, 2.24) is 29.9 Å². The molecule has 9 aromatic carbocycles. The van der Waals surface area contributed by atoms with Crippen LogP contribution in [0.15, 0.2) is 334 Å². The normalized spacial score (nSPS) is 12.2. The van der Waals surface area contributed by atoms with Gasteiger partial charge in [0.15, 0.2) is 0 Å². The molecule has 3 radical (unpaired) electrons. The van der Waals surface area contributed by atoms with Crippen LogP contribution in [0.1, 0.15) is 85.1 Å². The van der Waals surface area contributed by atoms with E-state index in [1.54, 1.807) is 18.6 Å². The van der Waals surface area contributed by atoms with E-state index in [4.69, 9.17) is 0 Å². The third-order valence-corrected chi connectivity index (χ3v) is 18.6. The standard InChI is InChI=1S/C23H22N.C21H18N.C20H16N.3C11H8N.3Ir/c1-3-7-18(8-4-1)19-11-13-20(14-12-19)22-15-16-24-23(17-22)21-9-5-2-6-10-21;1-2-7-17(8-3-1)21-15-20(12-13-22-21)19-11-10-16-6-4-5-9-18(16)14-19;1-2-5-16(6-3-1)20-14-19(11-12-21-20)18-10-9-15-7-4-8-17(15)13-18;3*1-2-6-10(7-3-1)11-8-4-5-9-12-11;;;/h2,5-6,9,11-18H,1,3-4,7-8H2;1-3,7,10-15H,4-6,9H2;1-3,5,9-14H,4,7-8H2;3*1-6,8-9H;;;/q6*-1;;;. The van der Waals surface area contributed by atoms with Crippen molar-refractivity contribution in [3.63, 3.8) is 0 Å². The van der Waals surface area contributed by atoms with Crippen LogP contribution >= 0.6 is 0 Å². The third kappa shape index (κ3) is 22.7. The van der Waals surface area contributed by atoms with Crippen molar-refractivity contribution in [2.45, 2.75) is 83.0 Å². The van der Waals surface area contributed by atoms with E-state index in [2.05, 4.69) is 182 Å². The monoisotopic (exact) mass is 1910 g/mol. The van der Waals surface area contributed by atoms with E-state index in [0.717, 1.165) is 73.5 Å². The van der Waals surface area contributed by atoms with Crippen LogP contribution in [0.2, 0.25) is 0 Å². The summed E-state index contributed by atoms with van der Waals surface area (Å²) in [7, 11) is 0. The topological polar surface area (TPSA) is 77.3 Å². The second kappa shape index (κ2) is 42.1. The van der Waals surface area contributed by atoms with Gasteiger partial charge in [-0.1, -0.05) is 135 Å². The molecule has 6 heterocycles. The first-order chi connectivity index (χ1) is 51.1. The van der Waals surface area contributed by atoms with Crippen LogP contribution in [0, 0.1) is 36.4 Å². The Kier molecular flexibility index (Phi) is 31.1. The van der Waals surface area contributed by atoms with E-state index < -0.39 is 0 Å². The SMILES string of the molecule is [Ir].[Ir].[Ir].[c-]1ccccc1-c1cc(-c2ccc(C3CCCCC3)cc2)ccn1.[c-]1ccccc1-c1cc(-c2ccc3c(c2)CCC3)ccn1.[c-]1ccccc1-c1cc(-c2ccc3c(c2)CCCC3)ccn1.[c-]1ccccc1-c1ccccn1.[c-]1ccccc1-c1ccccn1.[c-]1ccccc1-c1ccccn1. The quantitative estimate of drug-likeness (QED) is 0.127. The summed E-state index contributed by atoms with van der Waals surface area (Å²) >= 11 is 0. The molecule has 531 valence electrons. The number of aryl methyl sites for hydroxylation is 4. The fourth-order valence-corrected chi connectivity index (χ4v) is 13.2. The zero-order chi connectivity index (χ0) is 69.7. The molecule has 0 aliphatic heterocycles. The van der Waals surface area contributed by atoms with Crippen LogP contribution in [-0.2, 0) is 86.0 Å². The molecule has 106 heavy (non-hydrogen) atoms. The number of hydrogen-bond donors (Lipinski definition) is 0. The molecule has 3 aliphatic carbocycles. The van der Waals surface area contributed by atoms with E-state index in [1.165, 1.54) is 138 Å². The number of pyridine rings is 6. The Hall–Kier alpha value is -10.2. The second-order valence-corrected chi connectivity index (χ2v) is 25.6. The van der Waals surface area contributed by atoms with Crippen molar-refractivity contribution in [2.75, 3.05) is 0 Å². The fourth-order valence-electron chi connectivity index (χ4n) is 13.2. The van der Waals surface area contributed by atoms with Crippen molar-refractivity contribution in [3.05, 3.63) is 399 Å². The summed E-state index contributed by atoms with van der Waals surface area (Å²) in [5.74, 6) is 0.764. The maximum Gasteiger partial charge on any atom is 0.0166 e. The molecule has 3 aliphatic rings. The van der Waals surface area contributed by atoms with Crippen LogP contribution in [-0.4, -0.2) is 29.9 Å². The average Bonchev–Trinajstić information content (AvgIpc) is 1.17. The van der Waals surface area contributed by atoms with E-state index in [9.17, 15) is 0 Å². The summed E-state index contributed by atoms with van der Waals surface area (Å²) in [4.78, 5) is 26.1. The number of nitrogens with zero attached hydrogens (tertiary/aromatic N) is 6. The third-order valence-electron chi connectivity index (χ3n) is 18.6. The van der Waals surface area contributed by atoms with Crippen LogP contribution in [0.25, 0.3) is 101 Å². The molecule has 18 rings (SSSR count). The van der Waals surface area contributed by atoms with Gasteiger partial charge in [-0.3, -0.25) is 0 Å². The molecule has 6 nitrogen and oxygen atoms in total. The maximum absolute atomic E-state index is 4.49. The summed E-state index contributed by atoms with van der Waals surface area (Å²) in [6.45, 7) is 0. The van der Waals surface area contributed by atoms with E-state index in [1.807, 2.05) is 201 Å². The minimum Gasteiger partial charge on any atom is -0.305 e. The Labute approximate surface area is 667 Å². The van der Waals surface area contributed by atoms with Gasteiger partial charge >= 0.3 is 0 Å². The van der Waals surface area contributed by atoms with Crippen molar-refractivity contribution < 1.29 is 60.3 Å². The molecule has 0 saturated heterocycles. The van der Waals surface area contributed by atoms with Gasteiger partial charge in [0, 0.05) is 97.5 Å². The van der Waals surface area contributed by atoms with E-state index >= 15 is 0 Å². The smallest absolute Gasteiger partial charge is 0.0166 e. The summed E-state index contributed by atoms with van der Waals surface area (Å²) in [6, 6.07) is 120. The average molecular weight is 1910 g/mol. The first-order valence-electron chi connectivity index (χ1n) is 35.9. The van der Waals surface area contributed by atoms with Crippen molar-refractivity contribution in [2.24, 2.45) is 0 Å². The molecule has 0 bridgehead atoms. The molecule has 0 atom stereocenters. The largest absolute Gasteiger partial charge is 0.305 e. The Balaban J connectivity index is 0.000000138. The van der Waals surface area contributed by atoms with Gasteiger partial charge in [0.05, 0.1) is 0 Å². The molecule has 1 saturated carbocycles. The molecule has 15 aromatic rings. The van der Waals surface area contributed by atoms with Gasteiger partial charge in [0.25, 0.3) is 0 Å².